The highest BCUT2D eigenvalue weighted by Gasteiger charge is 2.51. The van der Waals surface area contributed by atoms with E-state index in [0.29, 0.717) is 18.2 Å². The van der Waals surface area contributed by atoms with Crippen molar-refractivity contribution in [2.45, 2.75) is 44.8 Å². The predicted molar refractivity (Wildman–Crippen MR) is 104 cm³/mol. The molecular weight excluding hydrogens is 446 g/mol. The van der Waals surface area contributed by atoms with Crippen LogP contribution in [0.4, 0.5) is 5.82 Å². The Kier molecular flexibility index (Phi) is 6.19. The first-order valence-electron chi connectivity index (χ1n) is 8.52. The highest BCUT2D eigenvalue weighted by molar-refractivity contribution is 8.04. The second kappa shape index (κ2) is 7.92. The minimum atomic E-state index is -5.17. The van der Waals surface area contributed by atoms with Gasteiger partial charge >= 0.3 is 15.6 Å². The third kappa shape index (κ3) is 4.84. The fourth-order valence-electron chi connectivity index (χ4n) is 3.16. The van der Waals surface area contributed by atoms with E-state index in [0.717, 1.165) is 16.2 Å². The lowest BCUT2D eigenvalue weighted by Gasteiger charge is -2.46. The zero-order valence-corrected chi connectivity index (χ0v) is 18.4. The Morgan fingerprint density at radius 3 is 2.69 bits per heavy atom. The van der Waals surface area contributed by atoms with Crippen molar-refractivity contribution in [3.05, 3.63) is 28.2 Å². The number of phosphoric ester groups is 1. The SMILES string of the molecule is CC1=C(CCOP(=O)(O)OP(=O)(O)O)S[C@]2([C@@H](C)O)Nc3nc(C)ncc3CN12. The van der Waals surface area contributed by atoms with Crippen molar-refractivity contribution >= 4 is 33.2 Å². The van der Waals surface area contributed by atoms with Crippen LogP contribution in [0.2, 0.25) is 0 Å². The van der Waals surface area contributed by atoms with E-state index in [9.17, 15) is 19.1 Å². The van der Waals surface area contributed by atoms with E-state index in [1.165, 1.54) is 11.8 Å². The van der Waals surface area contributed by atoms with E-state index in [1.807, 2.05) is 11.8 Å². The van der Waals surface area contributed by atoms with Gasteiger partial charge in [-0.3, -0.25) is 4.52 Å². The van der Waals surface area contributed by atoms with Crippen molar-refractivity contribution in [1.82, 2.24) is 14.9 Å². The Morgan fingerprint density at radius 1 is 1.38 bits per heavy atom. The number of rotatable bonds is 7. The third-order valence-electron chi connectivity index (χ3n) is 4.46. The van der Waals surface area contributed by atoms with Crippen LogP contribution in [0, 0.1) is 6.92 Å². The van der Waals surface area contributed by atoms with Gasteiger partial charge in [0.05, 0.1) is 13.2 Å². The van der Waals surface area contributed by atoms with Crippen LogP contribution >= 0.6 is 27.4 Å². The summed E-state index contributed by atoms with van der Waals surface area (Å²) in [4.78, 5) is 37.1. The standard InChI is InChI=1S/C14H22N4O8P2S/c1-8-12(4-5-25-28(23,24)26-27(20,21)22)29-14(9(2)19)17-13-11(7-18(8)14)6-15-10(3)16-13/h6,9,19H,4-5,7H2,1-3H3,(H,23,24)(H,15,16,17)(H2,20,21,22)/t9-,14-/m1/s1. The van der Waals surface area contributed by atoms with E-state index < -0.39 is 26.7 Å². The molecule has 2 aliphatic rings. The summed E-state index contributed by atoms with van der Waals surface area (Å²) < 4.78 is 30.8. The second-order valence-corrected chi connectivity index (χ2v) is 10.8. The number of nitrogens with zero attached hydrogens (tertiary/aromatic N) is 3. The van der Waals surface area contributed by atoms with Gasteiger partial charge in [-0.25, -0.2) is 19.1 Å². The van der Waals surface area contributed by atoms with Crippen LogP contribution in [0.25, 0.3) is 0 Å². The first-order valence-corrected chi connectivity index (χ1v) is 12.4. The van der Waals surface area contributed by atoms with E-state index in [4.69, 9.17) is 9.79 Å². The number of phosphoric acid groups is 2. The van der Waals surface area contributed by atoms with Gasteiger partial charge in [-0.2, -0.15) is 4.31 Å². The molecule has 0 bridgehead atoms. The topological polar surface area (TPSA) is 175 Å². The molecule has 1 aromatic heterocycles. The summed E-state index contributed by atoms with van der Waals surface area (Å²) in [5, 5.41) is 13.8. The maximum absolute atomic E-state index is 11.6. The zero-order valence-electron chi connectivity index (χ0n) is 15.8. The minimum Gasteiger partial charge on any atom is -0.388 e. The van der Waals surface area contributed by atoms with E-state index >= 15 is 0 Å². The second-order valence-electron chi connectivity index (χ2n) is 6.61. The van der Waals surface area contributed by atoms with Crippen molar-refractivity contribution in [3.63, 3.8) is 0 Å². The molecule has 1 aromatic rings. The normalized spacial score (nSPS) is 24.6. The number of thioether (sulfide) groups is 1. The van der Waals surface area contributed by atoms with Crippen LogP contribution in [0.3, 0.4) is 0 Å². The largest absolute Gasteiger partial charge is 0.481 e. The molecule has 12 nitrogen and oxygen atoms in total. The summed E-state index contributed by atoms with van der Waals surface area (Å²) in [5.74, 6) is 1.22. The van der Waals surface area contributed by atoms with Gasteiger partial charge in [0.1, 0.15) is 17.7 Å². The first kappa shape index (κ1) is 22.7. The molecule has 3 rings (SSSR count). The minimum absolute atomic E-state index is 0.166. The Morgan fingerprint density at radius 2 is 2.07 bits per heavy atom. The van der Waals surface area contributed by atoms with Crippen molar-refractivity contribution in [2.24, 2.45) is 0 Å². The molecule has 0 saturated heterocycles. The summed E-state index contributed by atoms with van der Waals surface area (Å²) in [6.45, 7) is 5.40. The molecule has 29 heavy (non-hydrogen) atoms. The average Bonchev–Trinajstić information content (AvgIpc) is 2.83. The number of aliphatic hydroxyl groups excluding tert-OH is 1. The van der Waals surface area contributed by atoms with Crippen LogP contribution in [0.1, 0.15) is 31.7 Å². The predicted octanol–water partition coefficient (Wildman–Crippen LogP) is 1.64. The Bertz CT molecular complexity index is 938. The van der Waals surface area contributed by atoms with Gasteiger partial charge < -0.3 is 30.0 Å². The van der Waals surface area contributed by atoms with Crippen LogP contribution in [0.5, 0.6) is 0 Å². The molecule has 0 fully saturated rings. The molecule has 0 amide bonds. The number of hydrogen-bond acceptors (Lipinski definition) is 10. The molecule has 15 heteroatoms. The summed E-state index contributed by atoms with van der Waals surface area (Å²) in [6.07, 6.45) is 1.07. The van der Waals surface area contributed by atoms with Gasteiger partial charge in [0, 0.05) is 28.8 Å². The molecule has 0 aromatic carbocycles. The molecule has 0 saturated carbocycles. The summed E-state index contributed by atoms with van der Waals surface area (Å²) in [7, 11) is -10.1. The van der Waals surface area contributed by atoms with E-state index in [-0.39, 0.29) is 13.0 Å². The van der Waals surface area contributed by atoms with Crippen LogP contribution in [-0.2, 0) is 24.5 Å². The molecule has 0 radical (unpaired) electrons. The molecule has 3 heterocycles. The lowest BCUT2D eigenvalue weighted by atomic mass is 10.1. The summed E-state index contributed by atoms with van der Waals surface area (Å²) in [5.41, 5.74) is 1.68. The smallest absolute Gasteiger partial charge is 0.388 e. The number of anilines is 1. The Labute approximate surface area is 171 Å². The molecule has 5 N–H and O–H groups in total. The number of nitrogens with one attached hydrogen (secondary N) is 1. The maximum Gasteiger partial charge on any atom is 0.481 e. The zero-order chi connectivity index (χ0) is 21.6. The van der Waals surface area contributed by atoms with Gasteiger partial charge in [0.25, 0.3) is 0 Å². The molecule has 2 aliphatic heterocycles. The molecule has 0 spiro atoms. The van der Waals surface area contributed by atoms with Gasteiger partial charge in [0.15, 0.2) is 4.99 Å². The highest BCUT2D eigenvalue weighted by Crippen LogP contribution is 2.58. The fourth-order valence-corrected chi connectivity index (χ4v) is 6.20. The van der Waals surface area contributed by atoms with Crippen molar-refractivity contribution in [1.29, 1.82) is 0 Å². The monoisotopic (exact) mass is 468 g/mol. The van der Waals surface area contributed by atoms with Gasteiger partial charge in [-0.05, 0) is 20.8 Å². The molecule has 0 aliphatic carbocycles. The lowest BCUT2D eigenvalue weighted by molar-refractivity contribution is 0.0694. The number of aromatic nitrogens is 2. The van der Waals surface area contributed by atoms with E-state index in [2.05, 4.69) is 24.1 Å². The lowest BCUT2D eigenvalue weighted by Crippen LogP contribution is -2.57. The fraction of sp³-hybridized carbons (Fsp3) is 0.571. The first-order chi connectivity index (χ1) is 13.3. The molecule has 162 valence electrons. The highest BCUT2D eigenvalue weighted by atomic mass is 32.2. The quantitative estimate of drug-likeness (QED) is 0.366. The van der Waals surface area contributed by atoms with Gasteiger partial charge in [-0.1, -0.05) is 11.8 Å². The average molecular weight is 468 g/mol. The van der Waals surface area contributed by atoms with Crippen molar-refractivity contribution < 1.29 is 37.8 Å². The van der Waals surface area contributed by atoms with Crippen LogP contribution in [0.15, 0.2) is 16.8 Å². The Balaban J connectivity index is 1.76. The van der Waals surface area contributed by atoms with E-state index in [1.54, 1.807) is 20.0 Å². The number of aryl methyl sites for hydroxylation is 1. The number of fused-ring (bicyclic) bond motifs is 2. The van der Waals surface area contributed by atoms with Crippen LogP contribution in [-0.4, -0.2) is 52.4 Å². The molecule has 3 atom stereocenters. The maximum atomic E-state index is 11.6. The van der Waals surface area contributed by atoms with Crippen LogP contribution < -0.4 is 5.32 Å². The third-order valence-corrected chi connectivity index (χ3v) is 8.36. The summed E-state index contributed by atoms with van der Waals surface area (Å²) in [6, 6.07) is 0. The van der Waals surface area contributed by atoms with Crippen molar-refractivity contribution in [2.75, 3.05) is 11.9 Å². The molecular formula is C14H22N4O8P2S. The number of allylic oxidation sites excluding steroid dienone is 1. The van der Waals surface area contributed by atoms with Crippen molar-refractivity contribution in [3.8, 4) is 0 Å². The van der Waals surface area contributed by atoms with Gasteiger partial charge in [0.2, 0.25) is 0 Å². The summed E-state index contributed by atoms with van der Waals surface area (Å²) >= 11 is 1.33. The molecule has 1 unspecified atom stereocenters. The number of hydrogen-bond donors (Lipinski definition) is 5. The van der Waals surface area contributed by atoms with Gasteiger partial charge in [-0.15, -0.1) is 0 Å². The number of aliphatic hydroxyl groups is 1. The Hall–Kier alpha value is -1.01.